The fraction of sp³-hybridized carbons (Fsp3) is 0.529. The molecule has 6 nitrogen and oxygen atoms in total. The third-order valence-electron chi connectivity index (χ3n) is 3.44. The molecule has 128 valence electrons. The van der Waals surface area contributed by atoms with Crippen LogP contribution in [0.4, 0.5) is 0 Å². The third kappa shape index (κ3) is 7.15. The highest BCUT2D eigenvalue weighted by Gasteiger charge is 2.11. The highest BCUT2D eigenvalue weighted by atomic mass is 16.5. The number of nitrogens with one attached hydrogen (secondary N) is 2. The highest BCUT2D eigenvalue weighted by molar-refractivity contribution is 5.82. The van der Waals surface area contributed by atoms with E-state index in [1.165, 1.54) is 0 Å². The SMILES string of the molecule is CCOCCC(=O)NNC(=O)COc1ccccc1C(C)CC. The molecule has 23 heavy (non-hydrogen) atoms. The Bertz CT molecular complexity index is 505. The number of hydrogen-bond acceptors (Lipinski definition) is 4. The summed E-state index contributed by atoms with van der Waals surface area (Å²) in [6.07, 6.45) is 1.19. The second-order valence-corrected chi connectivity index (χ2v) is 5.18. The Morgan fingerprint density at radius 2 is 1.83 bits per heavy atom. The Morgan fingerprint density at radius 3 is 2.52 bits per heavy atom. The Balaban J connectivity index is 2.38. The minimum atomic E-state index is -0.409. The van der Waals surface area contributed by atoms with Gasteiger partial charge in [0.2, 0.25) is 5.91 Å². The van der Waals surface area contributed by atoms with Crippen LogP contribution in [-0.4, -0.2) is 31.6 Å². The van der Waals surface area contributed by atoms with Crippen molar-refractivity contribution in [2.75, 3.05) is 19.8 Å². The van der Waals surface area contributed by atoms with E-state index in [2.05, 4.69) is 24.7 Å². The zero-order valence-electron chi connectivity index (χ0n) is 14.1. The summed E-state index contributed by atoms with van der Waals surface area (Å²) in [6, 6.07) is 7.66. The van der Waals surface area contributed by atoms with Gasteiger partial charge in [0.15, 0.2) is 6.61 Å². The number of carbonyl (C=O) groups excluding carboxylic acids is 2. The number of para-hydroxylation sites is 1. The first-order valence-corrected chi connectivity index (χ1v) is 7.95. The van der Waals surface area contributed by atoms with Gasteiger partial charge >= 0.3 is 0 Å². The Hall–Kier alpha value is -2.08. The van der Waals surface area contributed by atoms with E-state index in [-0.39, 0.29) is 18.9 Å². The zero-order valence-corrected chi connectivity index (χ0v) is 14.1. The second kappa shape index (κ2) is 10.6. The molecule has 2 amide bonds. The van der Waals surface area contributed by atoms with Crippen molar-refractivity contribution in [2.24, 2.45) is 0 Å². The first-order valence-electron chi connectivity index (χ1n) is 7.95. The summed E-state index contributed by atoms with van der Waals surface area (Å²) >= 11 is 0. The molecule has 0 spiro atoms. The summed E-state index contributed by atoms with van der Waals surface area (Å²) in [5, 5.41) is 0. The summed E-state index contributed by atoms with van der Waals surface area (Å²) < 4.78 is 10.6. The predicted molar refractivity (Wildman–Crippen MR) is 88.0 cm³/mol. The van der Waals surface area contributed by atoms with E-state index in [4.69, 9.17) is 9.47 Å². The summed E-state index contributed by atoms with van der Waals surface area (Å²) in [5.41, 5.74) is 5.72. The predicted octanol–water partition coefficient (Wildman–Crippen LogP) is 2.15. The number of amides is 2. The van der Waals surface area contributed by atoms with E-state index in [1.807, 2.05) is 31.2 Å². The van der Waals surface area contributed by atoms with Gasteiger partial charge in [-0.2, -0.15) is 0 Å². The van der Waals surface area contributed by atoms with Gasteiger partial charge in [-0.1, -0.05) is 32.0 Å². The van der Waals surface area contributed by atoms with Crippen LogP contribution in [-0.2, 0) is 14.3 Å². The van der Waals surface area contributed by atoms with Gasteiger partial charge < -0.3 is 9.47 Å². The van der Waals surface area contributed by atoms with Crippen LogP contribution in [0.1, 0.15) is 45.1 Å². The normalized spacial score (nSPS) is 11.6. The lowest BCUT2D eigenvalue weighted by Crippen LogP contribution is -2.44. The number of ether oxygens (including phenoxy) is 2. The molecule has 6 heteroatoms. The fourth-order valence-electron chi connectivity index (χ4n) is 1.93. The van der Waals surface area contributed by atoms with Crippen molar-refractivity contribution in [3.8, 4) is 5.75 Å². The Morgan fingerprint density at radius 1 is 1.13 bits per heavy atom. The molecule has 0 bridgehead atoms. The van der Waals surface area contributed by atoms with Crippen LogP contribution in [0.25, 0.3) is 0 Å². The molecule has 0 saturated carbocycles. The van der Waals surface area contributed by atoms with Gasteiger partial charge in [0.1, 0.15) is 5.75 Å². The number of hydrazine groups is 1. The van der Waals surface area contributed by atoms with Crippen molar-refractivity contribution in [3.63, 3.8) is 0 Å². The maximum absolute atomic E-state index is 11.7. The van der Waals surface area contributed by atoms with Crippen molar-refractivity contribution in [3.05, 3.63) is 29.8 Å². The summed E-state index contributed by atoms with van der Waals surface area (Å²) in [7, 11) is 0. The molecule has 0 aromatic heterocycles. The maximum atomic E-state index is 11.7. The minimum absolute atomic E-state index is 0.154. The van der Waals surface area contributed by atoms with Crippen molar-refractivity contribution in [1.29, 1.82) is 0 Å². The van der Waals surface area contributed by atoms with E-state index in [0.717, 1.165) is 12.0 Å². The van der Waals surface area contributed by atoms with E-state index in [0.29, 0.717) is 24.9 Å². The molecule has 1 aromatic rings. The molecule has 0 fully saturated rings. The molecule has 0 aliphatic heterocycles. The summed E-state index contributed by atoms with van der Waals surface area (Å²) in [4.78, 5) is 23.2. The van der Waals surface area contributed by atoms with Crippen LogP contribution in [0.2, 0.25) is 0 Å². The van der Waals surface area contributed by atoms with Crippen LogP contribution >= 0.6 is 0 Å². The first kappa shape index (κ1) is 19.0. The van der Waals surface area contributed by atoms with Gasteiger partial charge in [0.05, 0.1) is 13.0 Å². The average Bonchev–Trinajstić information content (AvgIpc) is 2.58. The van der Waals surface area contributed by atoms with Gasteiger partial charge in [0.25, 0.3) is 5.91 Å². The molecule has 2 N–H and O–H groups in total. The monoisotopic (exact) mass is 322 g/mol. The van der Waals surface area contributed by atoms with Crippen LogP contribution in [0.3, 0.4) is 0 Å². The summed E-state index contributed by atoms with van der Waals surface area (Å²) in [6.45, 7) is 6.81. The molecule has 0 aliphatic carbocycles. The van der Waals surface area contributed by atoms with Crippen molar-refractivity contribution >= 4 is 11.8 Å². The van der Waals surface area contributed by atoms with Gasteiger partial charge in [-0.05, 0) is 30.9 Å². The largest absolute Gasteiger partial charge is 0.483 e. The Labute approximate surface area is 137 Å². The van der Waals surface area contributed by atoms with Crippen LogP contribution in [0.15, 0.2) is 24.3 Å². The third-order valence-corrected chi connectivity index (χ3v) is 3.44. The number of carbonyl (C=O) groups is 2. The molecular formula is C17H26N2O4. The van der Waals surface area contributed by atoms with E-state index >= 15 is 0 Å². The smallest absolute Gasteiger partial charge is 0.276 e. The lowest BCUT2D eigenvalue weighted by atomic mass is 9.98. The Kier molecular flexibility index (Phi) is 8.75. The second-order valence-electron chi connectivity index (χ2n) is 5.18. The van der Waals surface area contributed by atoms with Crippen LogP contribution in [0.5, 0.6) is 5.75 Å². The molecule has 0 heterocycles. The van der Waals surface area contributed by atoms with Gasteiger partial charge in [-0.3, -0.25) is 20.4 Å². The van der Waals surface area contributed by atoms with Crippen molar-refractivity contribution in [2.45, 2.75) is 39.5 Å². The molecular weight excluding hydrogens is 296 g/mol. The zero-order chi connectivity index (χ0) is 17.1. The molecule has 0 aliphatic rings. The van der Waals surface area contributed by atoms with Gasteiger partial charge in [-0.25, -0.2) is 0 Å². The van der Waals surface area contributed by atoms with Gasteiger partial charge in [-0.15, -0.1) is 0 Å². The van der Waals surface area contributed by atoms with Crippen molar-refractivity contribution in [1.82, 2.24) is 10.9 Å². The van der Waals surface area contributed by atoms with Crippen LogP contribution < -0.4 is 15.6 Å². The molecule has 1 aromatic carbocycles. The van der Waals surface area contributed by atoms with Crippen molar-refractivity contribution < 1.29 is 19.1 Å². The average molecular weight is 322 g/mol. The quantitative estimate of drug-likeness (QED) is 0.539. The molecule has 0 saturated heterocycles. The lowest BCUT2D eigenvalue weighted by molar-refractivity contribution is -0.130. The number of benzene rings is 1. The van der Waals surface area contributed by atoms with Gasteiger partial charge in [0, 0.05) is 6.61 Å². The molecule has 0 radical (unpaired) electrons. The van der Waals surface area contributed by atoms with E-state index in [1.54, 1.807) is 0 Å². The summed E-state index contributed by atoms with van der Waals surface area (Å²) in [5.74, 6) is 0.340. The maximum Gasteiger partial charge on any atom is 0.276 e. The first-order chi connectivity index (χ1) is 11.1. The highest BCUT2D eigenvalue weighted by Crippen LogP contribution is 2.28. The number of rotatable bonds is 9. The van der Waals surface area contributed by atoms with Crippen LogP contribution in [0, 0.1) is 0 Å². The van der Waals surface area contributed by atoms with E-state index < -0.39 is 5.91 Å². The molecule has 1 rings (SSSR count). The van der Waals surface area contributed by atoms with E-state index in [9.17, 15) is 9.59 Å². The topological polar surface area (TPSA) is 76.7 Å². The molecule has 1 atom stereocenters. The standard InChI is InChI=1S/C17H26N2O4/c1-4-13(3)14-8-6-7-9-15(14)23-12-17(21)19-18-16(20)10-11-22-5-2/h6-9,13H,4-5,10-12H2,1-3H3,(H,18,20)(H,19,21). The fourth-order valence-corrected chi connectivity index (χ4v) is 1.93. The lowest BCUT2D eigenvalue weighted by Gasteiger charge is -2.15. The molecule has 1 unspecified atom stereocenters. The number of hydrogen-bond donors (Lipinski definition) is 2. The minimum Gasteiger partial charge on any atom is -0.483 e.